The molecular formula is C10H27O2PSi2. The summed E-state index contributed by atoms with van der Waals surface area (Å²) in [5.41, 5.74) is 0. The second-order valence-electron chi connectivity index (χ2n) is 4.80. The SMILES string of the molecule is CCO[Si](OCC)(C(P)CC)[Si](C)(C)C. The summed E-state index contributed by atoms with van der Waals surface area (Å²) >= 11 is 0. The van der Waals surface area contributed by atoms with Crippen LogP contribution in [0.3, 0.4) is 0 Å². The molecule has 5 heteroatoms. The van der Waals surface area contributed by atoms with Gasteiger partial charge in [0.25, 0.3) is 0 Å². The topological polar surface area (TPSA) is 18.5 Å². The van der Waals surface area contributed by atoms with Crippen LogP contribution >= 0.6 is 9.24 Å². The first kappa shape index (κ1) is 15.8. The predicted octanol–water partition coefficient (Wildman–Crippen LogP) is 3.11. The van der Waals surface area contributed by atoms with Crippen LogP contribution in [-0.4, -0.2) is 34.2 Å². The smallest absolute Gasteiger partial charge is 0.322 e. The molecule has 0 bridgehead atoms. The molecule has 2 atom stereocenters. The first-order valence-electron chi connectivity index (χ1n) is 5.89. The molecule has 0 aliphatic heterocycles. The zero-order valence-corrected chi connectivity index (χ0v) is 14.2. The fourth-order valence-corrected chi connectivity index (χ4v) is 18.3. The largest absolute Gasteiger partial charge is 0.397 e. The molecule has 0 amide bonds. The van der Waals surface area contributed by atoms with E-state index < -0.39 is 15.7 Å². The van der Waals surface area contributed by atoms with Gasteiger partial charge in [-0.1, -0.05) is 26.6 Å². The third kappa shape index (κ3) is 3.63. The van der Waals surface area contributed by atoms with Crippen LogP contribution in [-0.2, 0) is 8.85 Å². The molecule has 2 nitrogen and oxygen atoms in total. The summed E-state index contributed by atoms with van der Waals surface area (Å²) in [6.45, 7) is 15.0. The molecular weight excluding hydrogens is 239 g/mol. The minimum Gasteiger partial charge on any atom is -0.397 e. The Bertz CT molecular complexity index is 177. The van der Waals surface area contributed by atoms with Gasteiger partial charge in [0.2, 0.25) is 0 Å². The standard InChI is InChI=1S/C10H27O2PSi2/c1-7-10(13)15(11-8-2,12-9-3)14(4,5)6/h10H,7-9,13H2,1-6H3. The van der Waals surface area contributed by atoms with Crippen LogP contribution in [0.4, 0.5) is 0 Å². The Hall–Kier alpha value is 0.784. The number of hydrogen-bond acceptors (Lipinski definition) is 2. The monoisotopic (exact) mass is 266 g/mol. The van der Waals surface area contributed by atoms with Crippen molar-refractivity contribution in [2.24, 2.45) is 0 Å². The fraction of sp³-hybridized carbons (Fsp3) is 1.00. The third-order valence-electron chi connectivity index (χ3n) is 2.69. The third-order valence-corrected chi connectivity index (χ3v) is 18.6. The summed E-state index contributed by atoms with van der Waals surface area (Å²) in [4.78, 5) is 0. The van der Waals surface area contributed by atoms with E-state index in [0.29, 0.717) is 5.28 Å². The molecule has 0 fully saturated rings. The lowest BCUT2D eigenvalue weighted by molar-refractivity contribution is 0.197. The average molecular weight is 266 g/mol. The molecule has 0 radical (unpaired) electrons. The maximum atomic E-state index is 6.14. The van der Waals surface area contributed by atoms with E-state index in [1.54, 1.807) is 0 Å². The average Bonchev–Trinajstić information content (AvgIpc) is 2.14. The zero-order valence-electron chi connectivity index (χ0n) is 11.1. The van der Waals surface area contributed by atoms with Gasteiger partial charge in [-0.25, -0.2) is 0 Å². The van der Waals surface area contributed by atoms with E-state index in [4.69, 9.17) is 8.85 Å². The highest BCUT2D eigenvalue weighted by Gasteiger charge is 2.53. The molecule has 0 aliphatic rings. The molecule has 0 rings (SSSR count). The van der Waals surface area contributed by atoms with Gasteiger partial charge in [0.05, 0.1) is 0 Å². The molecule has 0 spiro atoms. The Morgan fingerprint density at radius 3 is 1.60 bits per heavy atom. The highest BCUT2D eigenvalue weighted by molar-refractivity contribution is 7.44. The molecule has 0 heterocycles. The van der Waals surface area contributed by atoms with E-state index in [-0.39, 0.29) is 0 Å². The molecule has 2 unspecified atom stereocenters. The summed E-state index contributed by atoms with van der Waals surface area (Å²) in [7, 11) is -0.427. The lowest BCUT2D eigenvalue weighted by Crippen LogP contribution is -2.67. The van der Waals surface area contributed by atoms with Crippen LogP contribution in [0.5, 0.6) is 0 Å². The number of rotatable bonds is 7. The van der Waals surface area contributed by atoms with Crippen LogP contribution in [0.15, 0.2) is 0 Å². The second-order valence-corrected chi connectivity index (χ2v) is 20.0. The number of hydrogen-bond donors (Lipinski definition) is 0. The summed E-state index contributed by atoms with van der Waals surface area (Å²) in [5, 5.41) is 0.518. The van der Waals surface area contributed by atoms with Crippen molar-refractivity contribution in [1.29, 1.82) is 0 Å². The predicted molar refractivity (Wildman–Crippen MR) is 76.1 cm³/mol. The van der Waals surface area contributed by atoms with Crippen molar-refractivity contribution >= 4 is 24.9 Å². The van der Waals surface area contributed by atoms with Gasteiger partial charge in [-0.15, -0.1) is 9.24 Å². The molecule has 0 aliphatic carbocycles. The van der Waals surface area contributed by atoms with Gasteiger partial charge in [0.1, 0.15) is 7.59 Å². The molecule has 92 valence electrons. The van der Waals surface area contributed by atoms with Gasteiger partial charge in [0.15, 0.2) is 0 Å². The van der Waals surface area contributed by atoms with Gasteiger partial charge in [-0.3, -0.25) is 0 Å². The molecule has 0 N–H and O–H groups in total. The Morgan fingerprint density at radius 1 is 1.00 bits per heavy atom. The van der Waals surface area contributed by atoms with Gasteiger partial charge in [0, 0.05) is 18.5 Å². The summed E-state index contributed by atoms with van der Waals surface area (Å²) in [5.74, 6) is 0. The second kappa shape index (κ2) is 6.50. The van der Waals surface area contributed by atoms with E-state index in [1.165, 1.54) is 0 Å². The van der Waals surface area contributed by atoms with Gasteiger partial charge >= 0.3 is 8.08 Å². The van der Waals surface area contributed by atoms with Crippen LogP contribution < -0.4 is 0 Å². The fourth-order valence-electron chi connectivity index (χ4n) is 1.94. The van der Waals surface area contributed by atoms with Crippen molar-refractivity contribution in [3.8, 4) is 0 Å². The minimum absolute atomic E-state index is 0.518. The van der Waals surface area contributed by atoms with Crippen LogP contribution in [0.25, 0.3) is 0 Å². The molecule has 15 heavy (non-hydrogen) atoms. The highest BCUT2D eigenvalue weighted by atomic mass is 31.0. The highest BCUT2D eigenvalue weighted by Crippen LogP contribution is 2.31. The first-order chi connectivity index (χ1) is 6.85. The van der Waals surface area contributed by atoms with Crippen molar-refractivity contribution in [2.75, 3.05) is 13.2 Å². The van der Waals surface area contributed by atoms with Crippen molar-refractivity contribution in [3.05, 3.63) is 0 Å². The lowest BCUT2D eigenvalue weighted by atomic mass is 10.6. The Labute approximate surface area is 99.4 Å². The van der Waals surface area contributed by atoms with E-state index in [9.17, 15) is 0 Å². The molecule has 0 aromatic rings. The summed E-state index contributed by atoms with van der Waals surface area (Å²) < 4.78 is 12.3. The Morgan fingerprint density at radius 2 is 1.40 bits per heavy atom. The summed E-state index contributed by atoms with van der Waals surface area (Å²) in [6.07, 6.45) is 1.13. The van der Waals surface area contributed by atoms with Crippen molar-refractivity contribution in [2.45, 2.75) is 52.1 Å². The molecule has 0 aromatic carbocycles. The van der Waals surface area contributed by atoms with E-state index in [0.717, 1.165) is 19.6 Å². The Kier molecular flexibility index (Phi) is 6.84. The van der Waals surface area contributed by atoms with Gasteiger partial charge in [-0.05, 0) is 20.3 Å². The first-order valence-corrected chi connectivity index (χ1v) is 12.9. The molecule has 0 saturated heterocycles. The zero-order chi connectivity index (χ0) is 12.1. The maximum Gasteiger partial charge on any atom is 0.322 e. The molecule has 0 aromatic heterocycles. The Balaban J connectivity index is 5.06. The quantitative estimate of drug-likeness (QED) is 0.521. The van der Waals surface area contributed by atoms with Crippen LogP contribution in [0.1, 0.15) is 27.2 Å². The normalized spacial score (nSPS) is 15.4. The minimum atomic E-state index is -2.00. The van der Waals surface area contributed by atoms with Gasteiger partial charge in [-0.2, -0.15) is 0 Å². The van der Waals surface area contributed by atoms with Crippen molar-refractivity contribution in [1.82, 2.24) is 0 Å². The van der Waals surface area contributed by atoms with E-state index in [2.05, 4.69) is 49.7 Å². The van der Waals surface area contributed by atoms with Crippen molar-refractivity contribution in [3.63, 3.8) is 0 Å². The molecule has 0 saturated carbocycles. The van der Waals surface area contributed by atoms with Gasteiger partial charge < -0.3 is 8.85 Å². The maximum absolute atomic E-state index is 6.14. The van der Waals surface area contributed by atoms with E-state index in [1.807, 2.05) is 0 Å². The van der Waals surface area contributed by atoms with Crippen molar-refractivity contribution < 1.29 is 8.85 Å². The van der Waals surface area contributed by atoms with Crippen LogP contribution in [0, 0.1) is 0 Å². The van der Waals surface area contributed by atoms with Crippen LogP contribution in [0.2, 0.25) is 19.6 Å². The lowest BCUT2D eigenvalue weighted by Gasteiger charge is -2.43. The summed E-state index contributed by atoms with van der Waals surface area (Å²) in [6, 6.07) is 0. The van der Waals surface area contributed by atoms with E-state index >= 15 is 0 Å².